The maximum Gasteiger partial charge on any atom is 0.226 e. The Balaban J connectivity index is 1.83. The highest BCUT2D eigenvalue weighted by Crippen LogP contribution is 2.24. The maximum absolute atomic E-state index is 5.41. The van der Waals surface area contributed by atoms with Crippen LogP contribution in [-0.2, 0) is 4.74 Å². The molecule has 0 spiro atoms. The summed E-state index contributed by atoms with van der Waals surface area (Å²) in [6, 6.07) is 0.338. The molecule has 1 aliphatic heterocycles. The molecule has 0 aliphatic carbocycles. The van der Waals surface area contributed by atoms with Crippen molar-refractivity contribution in [2.45, 2.75) is 25.8 Å². The fourth-order valence-corrected chi connectivity index (χ4v) is 2.60. The second kappa shape index (κ2) is 5.62. The molecule has 7 nitrogen and oxygen atoms in total. The molecular weight excluding hydrogens is 256 g/mol. The lowest BCUT2D eigenvalue weighted by molar-refractivity contribution is 0.0622. The first-order chi connectivity index (χ1) is 9.78. The lowest BCUT2D eigenvalue weighted by atomic mass is 9.93. The van der Waals surface area contributed by atoms with Crippen LogP contribution in [0.2, 0.25) is 0 Å². The fraction of sp³-hybridized carbons (Fsp3) is 0.615. The molecular formula is C13H20N6O. The van der Waals surface area contributed by atoms with E-state index < -0.39 is 0 Å². The maximum atomic E-state index is 5.41. The Morgan fingerprint density at radius 3 is 2.90 bits per heavy atom. The Labute approximate surface area is 117 Å². The van der Waals surface area contributed by atoms with Gasteiger partial charge < -0.3 is 20.4 Å². The first-order valence-electron chi connectivity index (χ1n) is 7.01. The zero-order valence-electron chi connectivity index (χ0n) is 11.8. The highest BCUT2D eigenvalue weighted by Gasteiger charge is 2.22. The molecule has 1 saturated heterocycles. The molecule has 0 saturated carbocycles. The summed E-state index contributed by atoms with van der Waals surface area (Å²) in [6.07, 6.45) is 3.82. The molecule has 1 fully saturated rings. The molecule has 0 amide bonds. The van der Waals surface area contributed by atoms with Gasteiger partial charge in [-0.05, 0) is 25.7 Å². The number of aromatic amines is 1. The van der Waals surface area contributed by atoms with Gasteiger partial charge in [-0.1, -0.05) is 0 Å². The predicted molar refractivity (Wildman–Crippen MR) is 77.9 cm³/mol. The molecule has 1 atom stereocenters. The van der Waals surface area contributed by atoms with Crippen LogP contribution in [0, 0.1) is 5.92 Å². The minimum absolute atomic E-state index is 0.338. The SMILES string of the molecule is CNc1nc(NC(C)C2CCOCC2)c2[nH]cnc2n1. The van der Waals surface area contributed by atoms with Crippen molar-refractivity contribution in [3.05, 3.63) is 6.33 Å². The third-order valence-electron chi connectivity index (χ3n) is 3.85. The number of rotatable bonds is 4. The van der Waals surface area contributed by atoms with Crippen LogP contribution in [0.25, 0.3) is 11.2 Å². The Hall–Kier alpha value is -1.89. The topological polar surface area (TPSA) is 87.8 Å². The molecule has 2 aromatic heterocycles. The van der Waals surface area contributed by atoms with Crippen molar-refractivity contribution in [2.24, 2.45) is 5.92 Å². The first kappa shape index (κ1) is 13.1. The number of H-pyrrole nitrogens is 1. The van der Waals surface area contributed by atoms with Crippen molar-refractivity contribution >= 4 is 22.9 Å². The van der Waals surface area contributed by atoms with Crippen LogP contribution in [-0.4, -0.2) is 46.2 Å². The van der Waals surface area contributed by atoms with Gasteiger partial charge in [0.15, 0.2) is 11.5 Å². The van der Waals surface area contributed by atoms with Crippen LogP contribution in [0.5, 0.6) is 0 Å². The van der Waals surface area contributed by atoms with Crippen LogP contribution >= 0.6 is 0 Å². The molecule has 7 heteroatoms. The van der Waals surface area contributed by atoms with Gasteiger partial charge in [-0.15, -0.1) is 0 Å². The summed E-state index contributed by atoms with van der Waals surface area (Å²) in [4.78, 5) is 16.1. The zero-order chi connectivity index (χ0) is 13.9. The van der Waals surface area contributed by atoms with Gasteiger partial charge in [0, 0.05) is 26.3 Å². The molecule has 20 heavy (non-hydrogen) atoms. The van der Waals surface area contributed by atoms with Crippen LogP contribution in [0.1, 0.15) is 19.8 Å². The van der Waals surface area contributed by atoms with Crippen LogP contribution in [0.4, 0.5) is 11.8 Å². The van der Waals surface area contributed by atoms with Crippen molar-refractivity contribution in [1.82, 2.24) is 19.9 Å². The van der Waals surface area contributed by atoms with E-state index in [2.05, 4.69) is 37.5 Å². The van der Waals surface area contributed by atoms with E-state index in [9.17, 15) is 0 Å². The Morgan fingerprint density at radius 1 is 1.35 bits per heavy atom. The van der Waals surface area contributed by atoms with Crippen LogP contribution < -0.4 is 10.6 Å². The Kier molecular flexibility index (Phi) is 3.68. The van der Waals surface area contributed by atoms with Gasteiger partial charge in [-0.2, -0.15) is 9.97 Å². The minimum Gasteiger partial charge on any atom is -0.381 e. The van der Waals surface area contributed by atoms with Gasteiger partial charge in [-0.3, -0.25) is 0 Å². The Bertz CT molecular complexity index is 577. The average Bonchev–Trinajstić information content (AvgIpc) is 2.96. The van der Waals surface area contributed by atoms with E-state index in [1.165, 1.54) is 0 Å². The van der Waals surface area contributed by atoms with Crippen LogP contribution in [0.3, 0.4) is 0 Å². The Morgan fingerprint density at radius 2 is 2.15 bits per heavy atom. The van der Waals surface area contributed by atoms with E-state index >= 15 is 0 Å². The highest BCUT2D eigenvalue weighted by molar-refractivity contribution is 5.83. The number of nitrogens with zero attached hydrogens (tertiary/aromatic N) is 3. The van der Waals surface area contributed by atoms with Crippen LogP contribution in [0.15, 0.2) is 6.33 Å². The zero-order valence-corrected chi connectivity index (χ0v) is 11.8. The van der Waals surface area contributed by atoms with Gasteiger partial charge in [0.25, 0.3) is 0 Å². The van der Waals surface area contributed by atoms with Crippen molar-refractivity contribution in [3.8, 4) is 0 Å². The summed E-state index contributed by atoms with van der Waals surface area (Å²) in [5, 5.41) is 6.46. The third-order valence-corrected chi connectivity index (χ3v) is 3.85. The number of fused-ring (bicyclic) bond motifs is 1. The number of hydrogen-bond acceptors (Lipinski definition) is 6. The minimum atomic E-state index is 0.338. The molecule has 3 rings (SSSR count). The fourth-order valence-electron chi connectivity index (χ4n) is 2.60. The smallest absolute Gasteiger partial charge is 0.226 e. The highest BCUT2D eigenvalue weighted by atomic mass is 16.5. The lowest BCUT2D eigenvalue weighted by Gasteiger charge is -2.28. The van der Waals surface area contributed by atoms with E-state index in [1.807, 2.05) is 0 Å². The number of nitrogens with one attached hydrogen (secondary N) is 3. The molecule has 3 heterocycles. The van der Waals surface area contributed by atoms with Gasteiger partial charge in [0.2, 0.25) is 5.95 Å². The molecule has 0 radical (unpaired) electrons. The van der Waals surface area contributed by atoms with E-state index in [-0.39, 0.29) is 0 Å². The summed E-state index contributed by atoms with van der Waals surface area (Å²) < 4.78 is 5.41. The van der Waals surface area contributed by atoms with Gasteiger partial charge in [0.05, 0.1) is 6.33 Å². The first-order valence-corrected chi connectivity index (χ1v) is 7.01. The number of hydrogen-bond donors (Lipinski definition) is 3. The molecule has 2 aromatic rings. The number of ether oxygens (including phenoxy) is 1. The molecule has 3 N–H and O–H groups in total. The number of aromatic nitrogens is 4. The molecule has 0 aromatic carbocycles. The van der Waals surface area contributed by atoms with Crippen molar-refractivity contribution in [2.75, 3.05) is 30.9 Å². The molecule has 108 valence electrons. The quantitative estimate of drug-likeness (QED) is 0.786. The predicted octanol–water partition coefficient (Wildman–Crippen LogP) is 1.62. The number of imidazole rings is 1. The van der Waals surface area contributed by atoms with Gasteiger partial charge in [0.1, 0.15) is 5.52 Å². The molecule has 1 aliphatic rings. The lowest BCUT2D eigenvalue weighted by Crippen LogP contribution is -2.31. The summed E-state index contributed by atoms with van der Waals surface area (Å²) in [7, 11) is 1.81. The summed E-state index contributed by atoms with van der Waals surface area (Å²) in [5.74, 6) is 1.98. The van der Waals surface area contributed by atoms with E-state index in [0.29, 0.717) is 23.6 Å². The van der Waals surface area contributed by atoms with E-state index in [4.69, 9.17) is 4.74 Å². The summed E-state index contributed by atoms with van der Waals surface area (Å²) in [6.45, 7) is 3.89. The second-order valence-corrected chi connectivity index (χ2v) is 5.13. The summed E-state index contributed by atoms with van der Waals surface area (Å²) in [5.41, 5.74) is 1.52. The van der Waals surface area contributed by atoms with E-state index in [0.717, 1.165) is 37.4 Å². The standard InChI is InChI=1S/C13H20N6O/c1-8(9-3-5-20-6-4-9)17-12-10-11(16-7-15-10)18-13(14-2)19-12/h7-9H,3-6H2,1-2H3,(H3,14,15,16,17,18,19). The summed E-state index contributed by atoms with van der Waals surface area (Å²) >= 11 is 0. The van der Waals surface area contributed by atoms with Crippen molar-refractivity contribution < 1.29 is 4.74 Å². The molecule has 0 bridgehead atoms. The largest absolute Gasteiger partial charge is 0.381 e. The molecule has 1 unspecified atom stereocenters. The monoisotopic (exact) mass is 276 g/mol. The van der Waals surface area contributed by atoms with Gasteiger partial charge in [-0.25, -0.2) is 4.98 Å². The van der Waals surface area contributed by atoms with Gasteiger partial charge >= 0.3 is 0 Å². The normalized spacial score (nSPS) is 18.1. The van der Waals surface area contributed by atoms with Crippen molar-refractivity contribution in [1.29, 1.82) is 0 Å². The van der Waals surface area contributed by atoms with Crippen molar-refractivity contribution in [3.63, 3.8) is 0 Å². The average molecular weight is 276 g/mol. The third kappa shape index (κ3) is 2.53. The second-order valence-electron chi connectivity index (χ2n) is 5.13. The number of anilines is 2. The van der Waals surface area contributed by atoms with E-state index in [1.54, 1.807) is 13.4 Å².